The van der Waals surface area contributed by atoms with E-state index in [9.17, 15) is 13.2 Å². The second-order valence-electron chi connectivity index (χ2n) is 5.11. The standard InChI is InChI=1S/C14H20N2O3S/c1-3-11-6-4-5-7-13(11)15-14(17)16(2)12-8-9-20(18,19)10-12/h4-7,12H,3,8-10H2,1-2H3,(H,15,17). The van der Waals surface area contributed by atoms with E-state index in [0.29, 0.717) is 6.42 Å². The Labute approximate surface area is 119 Å². The molecule has 0 spiro atoms. The van der Waals surface area contributed by atoms with E-state index in [4.69, 9.17) is 0 Å². The molecule has 1 unspecified atom stereocenters. The number of sulfone groups is 1. The molecule has 1 aliphatic heterocycles. The Bertz CT molecular complexity index is 598. The van der Waals surface area contributed by atoms with Gasteiger partial charge in [0.15, 0.2) is 9.84 Å². The van der Waals surface area contributed by atoms with Gasteiger partial charge in [0.05, 0.1) is 11.5 Å². The van der Waals surface area contributed by atoms with E-state index in [0.717, 1.165) is 17.7 Å². The molecule has 1 N–H and O–H groups in total. The van der Waals surface area contributed by atoms with Crippen LogP contribution < -0.4 is 5.32 Å². The van der Waals surface area contributed by atoms with Crippen molar-refractivity contribution >= 4 is 21.6 Å². The second-order valence-corrected chi connectivity index (χ2v) is 7.34. The molecule has 5 nitrogen and oxygen atoms in total. The number of carbonyl (C=O) groups is 1. The average Bonchev–Trinajstić information content (AvgIpc) is 2.78. The van der Waals surface area contributed by atoms with Gasteiger partial charge in [-0.05, 0) is 24.5 Å². The van der Waals surface area contributed by atoms with Gasteiger partial charge in [-0.15, -0.1) is 0 Å². The van der Waals surface area contributed by atoms with Gasteiger partial charge in [0, 0.05) is 18.8 Å². The predicted octanol–water partition coefficient (Wildman–Crippen LogP) is 1.90. The SMILES string of the molecule is CCc1ccccc1NC(=O)N(C)C1CCS(=O)(=O)C1. The van der Waals surface area contributed by atoms with Crippen molar-refractivity contribution in [2.75, 3.05) is 23.9 Å². The van der Waals surface area contributed by atoms with Gasteiger partial charge < -0.3 is 10.2 Å². The highest BCUT2D eigenvalue weighted by Gasteiger charge is 2.32. The number of amides is 2. The third kappa shape index (κ3) is 3.30. The molecule has 110 valence electrons. The zero-order valence-electron chi connectivity index (χ0n) is 11.8. The van der Waals surface area contributed by atoms with Crippen LogP contribution in [0.3, 0.4) is 0 Å². The average molecular weight is 296 g/mol. The first-order valence-corrected chi connectivity index (χ1v) is 8.57. The Kier molecular flexibility index (Phi) is 4.32. The minimum absolute atomic E-state index is 0.0618. The molecule has 2 rings (SSSR count). The van der Waals surface area contributed by atoms with Crippen LogP contribution in [-0.2, 0) is 16.3 Å². The number of urea groups is 1. The molecular weight excluding hydrogens is 276 g/mol. The van der Waals surface area contributed by atoms with E-state index in [1.807, 2.05) is 31.2 Å². The summed E-state index contributed by atoms with van der Waals surface area (Å²) in [5, 5.41) is 2.86. The monoisotopic (exact) mass is 296 g/mol. The molecule has 1 atom stereocenters. The number of rotatable bonds is 3. The molecular formula is C14H20N2O3S. The van der Waals surface area contributed by atoms with Crippen LogP contribution >= 0.6 is 0 Å². The molecule has 1 aliphatic rings. The highest BCUT2D eigenvalue weighted by Crippen LogP contribution is 2.19. The van der Waals surface area contributed by atoms with Crippen molar-refractivity contribution in [3.05, 3.63) is 29.8 Å². The van der Waals surface area contributed by atoms with Crippen LogP contribution in [0.5, 0.6) is 0 Å². The Morgan fingerprint density at radius 2 is 2.10 bits per heavy atom. The third-order valence-electron chi connectivity index (χ3n) is 3.72. The van der Waals surface area contributed by atoms with Crippen LogP contribution in [0, 0.1) is 0 Å². The summed E-state index contributed by atoms with van der Waals surface area (Å²) >= 11 is 0. The maximum absolute atomic E-state index is 12.2. The Morgan fingerprint density at radius 3 is 2.70 bits per heavy atom. The highest BCUT2D eigenvalue weighted by atomic mass is 32.2. The number of aryl methyl sites for hydroxylation is 1. The molecule has 0 bridgehead atoms. The molecule has 6 heteroatoms. The molecule has 20 heavy (non-hydrogen) atoms. The summed E-state index contributed by atoms with van der Waals surface area (Å²) in [5.41, 5.74) is 1.85. The highest BCUT2D eigenvalue weighted by molar-refractivity contribution is 7.91. The topological polar surface area (TPSA) is 66.5 Å². The largest absolute Gasteiger partial charge is 0.324 e. The Morgan fingerprint density at radius 1 is 1.40 bits per heavy atom. The van der Waals surface area contributed by atoms with Crippen LogP contribution in [0.4, 0.5) is 10.5 Å². The lowest BCUT2D eigenvalue weighted by molar-refractivity contribution is 0.209. The zero-order chi connectivity index (χ0) is 14.8. The summed E-state index contributed by atoms with van der Waals surface area (Å²) in [6, 6.07) is 7.14. The van der Waals surface area contributed by atoms with E-state index in [1.165, 1.54) is 4.90 Å². The number of benzene rings is 1. The molecule has 1 heterocycles. The van der Waals surface area contributed by atoms with Crippen LogP contribution in [0.1, 0.15) is 18.9 Å². The molecule has 0 saturated carbocycles. The van der Waals surface area contributed by atoms with Crippen molar-refractivity contribution in [2.45, 2.75) is 25.8 Å². The number of carbonyl (C=O) groups excluding carboxylic acids is 1. The van der Waals surface area contributed by atoms with E-state index in [-0.39, 0.29) is 23.6 Å². The number of anilines is 1. The van der Waals surface area contributed by atoms with Crippen LogP contribution in [0.15, 0.2) is 24.3 Å². The number of para-hydroxylation sites is 1. The maximum Gasteiger partial charge on any atom is 0.321 e. The van der Waals surface area contributed by atoms with Gasteiger partial charge in [0.25, 0.3) is 0 Å². The van der Waals surface area contributed by atoms with Crippen molar-refractivity contribution < 1.29 is 13.2 Å². The molecule has 0 aromatic heterocycles. The number of hydrogen-bond acceptors (Lipinski definition) is 3. The predicted molar refractivity (Wildman–Crippen MR) is 79.7 cm³/mol. The van der Waals surface area contributed by atoms with Crippen molar-refractivity contribution in [1.82, 2.24) is 4.90 Å². The van der Waals surface area contributed by atoms with Gasteiger partial charge in [-0.3, -0.25) is 0 Å². The van der Waals surface area contributed by atoms with Crippen LogP contribution in [0.2, 0.25) is 0 Å². The van der Waals surface area contributed by atoms with Crippen molar-refractivity contribution in [3.8, 4) is 0 Å². The summed E-state index contributed by atoms with van der Waals surface area (Å²) in [5.74, 6) is 0.229. The van der Waals surface area contributed by atoms with Crippen molar-refractivity contribution in [3.63, 3.8) is 0 Å². The molecule has 1 fully saturated rings. The lowest BCUT2D eigenvalue weighted by Gasteiger charge is -2.24. The van der Waals surface area contributed by atoms with Gasteiger partial charge in [0.1, 0.15) is 0 Å². The molecule has 1 saturated heterocycles. The minimum Gasteiger partial charge on any atom is -0.324 e. The third-order valence-corrected chi connectivity index (χ3v) is 5.47. The fourth-order valence-electron chi connectivity index (χ4n) is 2.40. The van der Waals surface area contributed by atoms with Gasteiger partial charge in [0.2, 0.25) is 0 Å². The lowest BCUT2D eigenvalue weighted by atomic mass is 10.1. The van der Waals surface area contributed by atoms with Gasteiger partial charge in [-0.25, -0.2) is 13.2 Å². The van der Waals surface area contributed by atoms with Crippen molar-refractivity contribution in [2.24, 2.45) is 0 Å². The quantitative estimate of drug-likeness (QED) is 0.926. The number of hydrogen-bond donors (Lipinski definition) is 1. The molecule has 0 radical (unpaired) electrons. The first kappa shape index (κ1) is 14.8. The first-order valence-electron chi connectivity index (χ1n) is 6.75. The van der Waals surface area contributed by atoms with E-state index >= 15 is 0 Å². The molecule has 2 amide bonds. The summed E-state index contributed by atoms with van der Waals surface area (Å²) in [6.45, 7) is 2.03. The van der Waals surface area contributed by atoms with Crippen LogP contribution in [-0.4, -0.2) is 43.9 Å². The van der Waals surface area contributed by atoms with E-state index < -0.39 is 9.84 Å². The van der Waals surface area contributed by atoms with E-state index in [2.05, 4.69) is 5.32 Å². The molecule has 1 aromatic carbocycles. The first-order chi connectivity index (χ1) is 9.43. The smallest absolute Gasteiger partial charge is 0.321 e. The van der Waals surface area contributed by atoms with Gasteiger partial charge >= 0.3 is 6.03 Å². The maximum atomic E-state index is 12.2. The normalized spacial score (nSPS) is 20.6. The number of nitrogens with zero attached hydrogens (tertiary/aromatic N) is 1. The summed E-state index contributed by atoms with van der Waals surface area (Å²) in [6.07, 6.45) is 1.35. The summed E-state index contributed by atoms with van der Waals surface area (Å²) in [7, 11) is -1.33. The molecule has 0 aliphatic carbocycles. The second kappa shape index (κ2) is 5.83. The van der Waals surface area contributed by atoms with Crippen molar-refractivity contribution in [1.29, 1.82) is 0 Å². The summed E-state index contributed by atoms with van der Waals surface area (Å²) in [4.78, 5) is 13.7. The van der Waals surface area contributed by atoms with Gasteiger partial charge in [-0.2, -0.15) is 0 Å². The fraction of sp³-hybridized carbons (Fsp3) is 0.500. The Hall–Kier alpha value is -1.56. The van der Waals surface area contributed by atoms with Gasteiger partial charge in [-0.1, -0.05) is 25.1 Å². The Balaban J connectivity index is 2.05. The van der Waals surface area contributed by atoms with E-state index in [1.54, 1.807) is 7.05 Å². The fourth-order valence-corrected chi connectivity index (χ4v) is 4.17. The zero-order valence-corrected chi connectivity index (χ0v) is 12.6. The lowest BCUT2D eigenvalue weighted by Crippen LogP contribution is -2.40. The summed E-state index contributed by atoms with van der Waals surface area (Å²) < 4.78 is 22.9. The molecule has 1 aromatic rings. The van der Waals surface area contributed by atoms with Crippen LogP contribution in [0.25, 0.3) is 0 Å². The minimum atomic E-state index is -2.98. The number of nitrogens with one attached hydrogen (secondary N) is 1.